The van der Waals surface area contributed by atoms with Gasteiger partial charge in [-0.3, -0.25) is 0 Å². The van der Waals surface area contributed by atoms with E-state index in [1.165, 1.54) is 38.6 Å². The Morgan fingerprint density at radius 1 is 1.31 bits per heavy atom. The lowest BCUT2D eigenvalue weighted by molar-refractivity contribution is 0.117. The summed E-state index contributed by atoms with van der Waals surface area (Å²) in [6, 6.07) is 0.821. The monoisotopic (exact) mass is 243 g/mol. The lowest BCUT2D eigenvalue weighted by Gasteiger charge is -2.39. The molecular weight excluding hydrogens is 214 g/mol. The second kappa shape index (κ2) is 6.30. The Bertz CT molecular complexity index is 189. The van der Waals surface area contributed by atoms with Crippen LogP contribution in [0.4, 0.5) is 0 Å². The molecule has 0 aromatic carbocycles. The van der Waals surface area contributed by atoms with Crippen molar-refractivity contribution in [2.24, 2.45) is 11.3 Å². The largest absolute Gasteiger partial charge is 0.303 e. The summed E-state index contributed by atoms with van der Waals surface area (Å²) < 4.78 is 0. The number of hydrogen-bond donors (Lipinski definition) is 1. The Hall–Kier alpha value is 0.310. The molecule has 1 saturated carbocycles. The van der Waals surface area contributed by atoms with E-state index in [-0.39, 0.29) is 0 Å². The molecule has 0 saturated heterocycles. The summed E-state index contributed by atoms with van der Waals surface area (Å²) >= 11 is 4.44. The van der Waals surface area contributed by atoms with Crippen LogP contribution in [0.2, 0.25) is 0 Å². The van der Waals surface area contributed by atoms with E-state index in [0.717, 1.165) is 17.7 Å². The van der Waals surface area contributed by atoms with Gasteiger partial charge < -0.3 is 4.90 Å². The molecule has 0 aromatic rings. The van der Waals surface area contributed by atoms with E-state index < -0.39 is 0 Å². The Balaban J connectivity index is 2.35. The molecule has 1 aliphatic rings. The molecule has 1 rings (SSSR count). The van der Waals surface area contributed by atoms with Gasteiger partial charge in [0.25, 0.3) is 0 Å². The summed E-state index contributed by atoms with van der Waals surface area (Å²) in [6.07, 6.45) is 6.80. The standard InChI is InChI=1S/C14H29NS/c1-5-12(11-16)10-15(4)13-6-8-14(2,3)9-7-13/h12-13,16H,5-11H2,1-4H3. The quantitative estimate of drug-likeness (QED) is 0.718. The molecule has 96 valence electrons. The highest BCUT2D eigenvalue weighted by Crippen LogP contribution is 2.36. The Labute approximate surface area is 107 Å². The predicted molar refractivity (Wildman–Crippen MR) is 76.3 cm³/mol. The molecule has 2 heteroatoms. The van der Waals surface area contributed by atoms with Gasteiger partial charge in [0.1, 0.15) is 0 Å². The van der Waals surface area contributed by atoms with Crippen molar-refractivity contribution in [1.82, 2.24) is 4.90 Å². The summed E-state index contributed by atoms with van der Waals surface area (Å²) in [5.74, 6) is 1.79. The Morgan fingerprint density at radius 3 is 2.31 bits per heavy atom. The maximum atomic E-state index is 4.44. The maximum Gasteiger partial charge on any atom is 0.00927 e. The van der Waals surface area contributed by atoms with E-state index in [1.807, 2.05) is 0 Å². The zero-order valence-electron chi connectivity index (χ0n) is 11.5. The third-order valence-corrected chi connectivity index (χ3v) is 4.83. The van der Waals surface area contributed by atoms with Crippen LogP contribution in [0.25, 0.3) is 0 Å². The fraction of sp³-hybridized carbons (Fsp3) is 1.00. The van der Waals surface area contributed by atoms with E-state index in [4.69, 9.17) is 0 Å². The number of nitrogens with zero attached hydrogens (tertiary/aromatic N) is 1. The van der Waals surface area contributed by atoms with Gasteiger partial charge in [0, 0.05) is 12.6 Å². The first-order valence-electron chi connectivity index (χ1n) is 6.79. The number of rotatable bonds is 5. The van der Waals surface area contributed by atoms with Crippen molar-refractivity contribution >= 4 is 12.6 Å². The molecule has 0 heterocycles. The minimum absolute atomic E-state index is 0.588. The van der Waals surface area contributed by atoms with Crippen LogP contribution in [0.15, 0.2) is 0 Å². The molecule has 0 radical (unpaired) electrons. The topological polar surface area (TPSA) is 3.24 Å². The molecule has 1 aliphatic carbocycles. The van der Waals surface area contributed by atoms with Crippen molar-refractivity contribution in [2.75, 3.05) is 19.3 Å². The molecule has 0 spiro atoms. The minimum atomic E-state index is 0.588. The van der Waals surface area contributed by atoms with Crippen molar-refractivity contribution in [3.8, 4) is 0 Å². The van der Waals surface area contributed by atoms with Gasteiger partial charge >= 0.3 is 0 Å². The van der Waals surface area contributed by atoms with Crippen LogP contribution in [0.5, 0.6) is 0 Å². The van der Waals surface area contributed by atoms with Crippen LogP contribution in [-0.2, 0) is 0 Å². The first kappa shape index (κ1) is 14.4. The third kappa shape index (κ3) is 4.29. The normalized spacial score (nSPS) is 23.6. The second-order valence-corrected chi connectivity index (χ2v) is 6.66. The Morgan fingerprint density at radius 2 is 1.88 bits per heavy atom. The smallest absolute Gasteiger partial charge is 0.00927 e. The van der Waals surface area contributed by atoms with Crippen molar-refractivity contribution in [2.45, 2.75) is 58.9 Å². The first-order valence-corrected chi connectivity index (χ1v) is 7.43. The minimum Gasteiger partial charge on any atom is -0.303 e. The van der Waals surface area contributed by atoms with Crippen LogP contribution < -0.4 is 0 Å². The molecule has 1 unspecified atom stereocenters. The fourth-order valence-corrected chi connectivity index (χ4v) is 3.07. The van der Waals surface area contributed by atoms with Gasteiger partial charge in [-0.25, -0.2) is 0 Å². The average molecular weight is 243 g/mol. The highest BCUT2D eigenvalue weighted by atomic mass is 32.1. The highest BCUT2D eigenvalue weighted by Gasteiger charge is 2.29. The highest BCUT2D eigenvalue weighted by molar-refractivity contribution is 7.80. The van der Waals surface area contributed by atoms with Gasteiger partial charge in [0.2, 0.25) is 0 Å². The lowest BCUT2D eigenvalue weighted by atomic mass is 9.75. The maximum absolute atomic E-state index is 4.44. The molecule has 0 amide bonds. The third-order valence-electron chi connectivity index (χ3n) is 4.31. The van der Waals surface area contributed by atoms with Crippen molar-refractivity contribution < 1.29 is 0 Å². The summed E-state index contributed by atoms with van der Waals surface area (Å²) in [5, 5.41) is 0. The van der Waals surface area contributed by atoms with E-state index in [0.29, 0.717) is 5.41 Å². The lowest BCUT2D eigenvalue weighted by Crippen LogP contribution is -2.39. The van der Waals surface area contributed by atoms with Crippen LogP contribution in [-0.4, -0.2) is 30.3 Å². The molecule has 1 fully saturated rings. The van der Waals surface area contributed by atoms with Crippen LogP contribution in [0, 0.1) is 11.3 Å². The molecule has 0 bridgehead atoms. The van der Waals surface area contributed by atoms with E-state index in [2.05, 4.69) is 45.3 Å². The van der Waals surface area contributed by atoms with E-state index >= 15 is 0 Å². The van der Waals surface area contributed by atoms with Crippen molar-refractivity contribution in [1.29, 1.82) is 0 Å². The van der Waals surface area contributed by atoms with Gasteiger partial charge in [-0.1, -0.05) is 27.2 Å². The van der Waals surface area contributed by atoms with E-state index in [1.54, 1.807) is 0 Å². The molecule has 1 atom stereocenters. The van der Waals surface area contributed by atoms with Crippen molar-refractivity contribution in [3.63, 3.8) is 0 Å². The number of thiol groups is 1. The fourth-order valence-electron chi connectivity index (χ4n) is 2.70. The summed E-state index contributed by atoms with van der Waals surface area (Å²) in [4.78, 5) is 2.58. The SMILES string of the molecule is CCC(CS)CN(C)C1CCC(C)(C)CC1. The average Bonchev–Trinajstić information content (AvgIpc) is 2.25. The van der Waals surface area contributed by atoms with Gasteiger partial charge in [-0.2, -0.15) is 12.6 Å². The molecule has 0 aliphatic heterocycles. The second-order valence-electron chi connectivity index (χ2n) is 6.29. The van der Waals surface area contributed by atoms with E-state index in [9.17, 15) is 0 Å². The summed E-state index contributed by atoms with van der Waals surface area (Å²) in [5.41, 5.74) is 0.588. The molecule has 0 N–H and O–H groups in total. The van der Waals surface area contributed by atoms with Gasteiger partial charge in [-0.15, -0.1) is 0 Å². The zero-order chi connectivity index (χ0) is 12.2. The molecule has 16 heavy (non-hydrogen) atoms. The van der Waals surface area contributed by atoms with Crippen LogP contribution in [0.1, 0.15) is 52.9 Å². The zero-order valence-corrected chi connectivity index (χ0v) is 12.4. The van der Waals surface area contributed by atoms with Gasteiger partial charge in [0.05, 0.1) is 0 Å². The molecule has 1 nitrogen and oxygen atoms in total. The summed E-state index contributed by atoms with van der Waals surface area (Å²) in [6.45, 7) is 8.32. The van der Waals surface area contributed by atoms with Crippen molar-refractivity contribution in [3.05, 3.63) is 0 Å². The first-order chi connectivity index (χ1) is 7.48. The summed E-state index contributed by atoms with van der Waals surface area (Å²) in [7, 11) is 2.30. The predicted octanol–water partition coefficient (Wildman–Crippen LogP) is 3.84. The molecule has 0 aromatic heterocycles. The van der Waals surface area contributed by atoms with Crippen LogP contribution in [0.3, 0.4) is 0 Å². The molecular formula is C14H29NS. The van der Waals surface area contributed by atoms with Gasteiger partial charge in [-0.05, 0) is 49.8 Å². The Kier molecular flexibility index (Phi) is 5.66. The van der Waals surface area contributed by atoms with Crippen LogP contribution >= 0.6 is 12.6 Å². The van der Waals surface area contributed by atoms with Gasteiger partial charge in [0.15, 0.2) is 0 Å². The number of hydrogen-bond acceptors (Lipinski definition) is 2.